The maximum Gasteiger partial charge on any atom is 0.265 e. The van der Waals surface area contributed by atoms with Crippen LogP contribution in [0.2, 0.25) is 0 Å². The third kappa shape index (κ3) is 4.19. The molecule has 0 saturated heterocycles. The van der Waals surface area contributed by atoms with Crippen molar-refractivity contribution in [3.8, 4) is 11.5 Å². The Morgan fingerprint density at radius 2 is 1.71 bits per heavy atom. The zero-order chi connectivity index (χ0) is 24.5. The minimum atomic E-state index is -0.777. The number of hydrogen-bond acceptors (Lipinski definition) is 7. The summed E-state index contributed by atoms with van der Waals surface area (Å²) in [5.74, 6) is -0.916. The summed E-state index contributed by atoms with van der Waals surface area (Å²) in [6.07, 6.45) is 0.927. The number of benzene rings is 3. The van der Waals surface area contributed by atoms with Gasteiger partial charge in [-0.05, 0) is 48.6 Å². The molecule has 35 heavy (non-hydrogen) atoms. The van der Waals surface area contributed by atoms with Crippen molar-refractivity contribution in [1.82, 2.24) is 0 Å². The standard InChI is InChI=1S/C27H25N3O5/c1-2-35-24-15-18(13-22(27(24)32)30(33)34)26-25-21(28-19-10-6-7-11-20(19)29-26)12-17(14-23(25)31)16-8-4-3-5-9-16/h3-11,13,15,17,26,28-29,32H,2,12,14H2,1H3/p-1/t17-,26+/m0/s1. The Balaban J connectivity index is 1.66. The van der Waals surface area contributed by atoms with Gasteiger partial charge in [0.2, 0.25) is 0 Å². The van der Waals surface area contributed by atoms with Crippen LogP contribution in [0.5, 0.6) is 11.5 Å². The lowest BCUT2D eigenvalue weighted by atomic mass is 9.78. The molecule has 0 spiro atoms. The van der Waals surface area contributed by atoms with Crippen molar-refractivity contribution >= 4 is 22.8 Å². The van der Waals surface area contributed by atoms with Crippen molar-refractivity contribution in [2.45, 2.75) is 31.7 Å². The first-order chi connectivity index (χ1) is 17.0. The van der Waals surface area contributed by atoms with Crippen molar-refractivity contribution in [2.75, 3.05) is 17.2 Å². The first-order valence-corrected chi connectivity index (χ1v) is 11.5. The number of nitro benzene ring substituents is 1. The van der Waals surface area contributed by atoms with Crippen LogP contribution in [0, 0.1) is 10.1 Å². The van der Waals surface area contributed by atoms with Crippen LogP contribution >= 0.6 is 0 Å². The molecule has 0 fully saturated rings. The Morgan fingerprint density at radius 1 is 1.00 bits per heavy atom. The Morgan fingerprint density at radius 3 is 2.43 bits per heavy atom. The third-order valence-electron chi connectivity index (χ3n) is 6.47. The molecule has 3 aromatic carbocycles. The summed E-state index contributed by atoms with van der Waals surface area (Å²) in [5, 5.41) is 31.1. The minimum Gasteiger partial charge on any atom is -0.865 e. The number of para-hydroxylation sites is 2. The Bertz CT molecular complexity index is 1340. The van der Waals surface area contributed by atoms with Crippen molar-refractivity contribution in [2.24, 2.45) is 0 Å². The molecule has 1 aliphatic heterocycles. The Labute approximate surface area is 202 Å². The summed E-state index contributed by atoms with van der Waals surface area (Å²) in [7, 11) is 0. The van der Waals surface area contributed by atoms with E-state index in [1.54, 1.807) is 6.92 Å². The molecule has 0 unspecified atom stereocenters. The van der Waals surface area contributed by atoms with E-state index in [-0.39, 0.29) is 24.1 Å². The molecular weight excluding hydrogens is 446 g/mol. The monoisotopic (exact) mass is 470 g/mol. The highest BCUT2D eigenvalue weighted by molar-refractivity contribution is 6.01. The number of ketones is 1. The lowest BCUT2D eigenvalue weighted by Crippen LogP contribution is -2.27. The van der Waals surface area contributed by atoms with Gasteiger partial charge in [0.05, 0.1) is 28.9 Å². The number of carbonyl (C=O) groups excluding carboxylic acids is 1. The predicted octanol–water partition coefficient (Wildman–Crippen LogP) is 5.05. The molecule has 0 saturated carbocycles. The minimum absolute atomic E-state index is 0.0122. The molecule has 1 aliphatic carbocycles. The number of nitrogens with one attached hydrogen (secondary N) is 2. The third-order valence-corrected chi connectivity index (χ3v) is 6.47. The number of Topliss-reactive ketones (excluding diaryl/α,β-unsaturated/α-hetero) is 1. The van der Waals surface area contributed by atoms with Gasteiger partial charge in [0.25, 0.3) is 5.69 Å². The van der Waals surface area contributed by atoms with Gasteiger partial charge in [0, 0.05) is 29.5 Å². The fourth-order valence-electron chi connectivity index (χ4n) is 4.88. The van der Waals surface area contributed by atoms with E-state index < -0.39 is 22.4 Å². The van der Waals surface area contributed by atoms with Crippen molar-refractivity contribution in [3.05, 3.63) is 99.2 Å². The lowest BCUT2D eigenvalue weighted by Gasteiger charge is -2.30. The van der Waals surface area contributed by atoms with E-state index in [9.17, 15) is 20.0 Å². The van der Waals surface area contributed by atoms with Gasteiger partial charge < -0.3 is 20.5 Å². The molecular formula is C27H24N3O5-. The van der Waals surface area contributed by atoms with Crippen LogP contribution in [0.3, 0.4) is 0 Å². The van der Waals surface area contributed by atoms with Crippen LogP contribution in [0.1, 0.15) is 42.9 Å². The first-order valence-electron chi connectivity index (χ1n) is 11.5. The van der Waals surface area contributed by atoms with Crippen molar-refractivity contribution in [3.63, 3.8) is 0 Å². The smallest absolute Gasteiger partial charge is 0.265 e. The number of ether oxygens (including phenoxy) is 1. The molecule has 0 bridgehead atoms. The van der Waals surface area contributed by atoms with E-state index in [1.807, 2.05) is 54.6 Å². The van der Waals surface area contributed by atoms with Gasteiger partial charge in [-0.1, -0.05) is 42.5 Å². The molecule has 0 aromatic heterocycles. The molecule has 178 valence electrons. The zero-order valence-electron chi connectivity index (χ0n) is 19.1. The van der Waals surface area contributed by atoms with Crippen LogP contribution in [-0.2, 0) is 4.79 Å². The fraction of sp³-hybridized carbons (Fsp3) is 0.222. The summed E-state index contributed by atoms with van der Waals surface area (Å²) in [4.78, 5) is 24.6. The topological polar surface area (TPSA) is 117 Å². The SMILES string of the molecule is CCOc1cc([C@H]2Nc3ccccc3NC3=C2C(=O)C[C@@H](c2ccccc2)C3)cc([N+](=O)[O-])c1[O-]. The maximum absolute atomic E-state index is 13.6. The molecule has 8 heteroatoms. The van der Waals surface area contributed by atoms with Crippen LogP contribution in [0.15, 0.2) is 78.0 Å². The second kappa shape index (κ2) is 9.13. The molecule has 5 rings (SSSR count). The number of nitrogens with zero attached hydrogens (tertiary/aromatic N) is 1. The second-order valence-corrected chi connectivity index (χ2v) is 8.64. The van der Waals surface area contributed by atoms with E-state index >= 15 is 0 Å². The van der Waals surface area contributed by atoms with Crippen molar-refractivity contribution < 1.29 is 19.6 Å². The highest BCUT2D eigenvalue weighted by atomic mass is 16.6. The van der Waals surface area contributed by atoms with Gasteiger partial charge in [0.15, 0.2) is 5.78 Å². The highest BCUT2D eigenvalue weighted by Crippen LogP contribution is 2.46. The van der Waals surface area contributed by atoms with Crippen LogP contribution in [0.25, 0.3) is 0 Å². The number of carbonyl (C=O) groups is 1. The lowest BCUT2D eigenvalue weighted by molar-refractivity contribution is -0.398. The number of fused-ring (bicyclic) bond motifs is 1. The number of nitro groups is 1. The number of anilines is 2. The molecule has 2 N–H and O–H groups in total. The zero-order valence-corrected chi connectivity index (χ0v) is 19.1. The van der Waals surface area contributed by atoms with E-state index in [0.29, 0.717) is 24.0 Å². The summed E-state index contributed by atoms with van der Waals surface area (Å²) in [6, 6.07) is 19.5. The Kier molecular flexibility index (Phi) is 5.86. The van der Waals surface area contributed by atoms with Gasteiger partial charge >= 0.3 is 0 Å². The summed E-state index contributed by atoms with van der Waals surface area (Å²) in [6.45, 7) is 1.89. The largest absolute Gasteiger partial charge is 0.865 e. The number of hydrogen-bond donors (Lipinski definition) is 2. The Hall–Kier alpha value is -4.33. The van der Waals surface area contributed by atoms with Gasteiger partial charge in [-0.15, -0.1) is 0 Å². The molecule has 0 amide bonds. The van der Waals surface area contributed by atoms with Crippen LogP contribution in [0.4, 0.5) is 17.1 Å². The van der Waals surface area contributed by atoms with E-state index in [0.717, 1.165) is 22.6 Å². The highest BCUT2D eigenvalue weighted by Gasteiger charge is 2.36. The van der Waals surface area contributed by atoms with Crippen molar-refractivity contribution in [1.29, 1.82) is 0 Å². The van der Waals surface area contributed by atoms with Crippen LogP contribution < -0.4 is 20.5 Å². The average Bonchev–Trinajstić information content (AvgIpc) is 3.02. The normalized spacial score (nSPS) is 19.1. The van der Waals surface area contributed by atoms with Gasteiger partial charge in [-0.2, -0.15) is 0 Å². The number of rotatable bonds is 5. The maximum atomic E-state index is 13.6. The van der Waals surface area contributed by atoms with E-state index in [1.165, 1.54) is 12.1 Å². The molecule has 8 nitrogen and oxygen atoms in total. The fourth-order valence-corrected chi connectivity index (χ4v) is 4.88. The first kappa shape index (κ1) is 22.5. The van der Waals surface area contributed by atoms with E-state index in [2.05, 4.69) is 10.6 Å². The number of allylic oxidation sites excluding steroid dienone is 1. The molecule has 1 heterocycles. The summed E-state index contributed by atoms with van der Waals surface area (Å²) >= 11 is 0. The molecule has 2 atom stereocenters. The predicted molar refractivity (Wildman–Crippen MR) is 131 cm³/mol. The van der Waals surface area contributed by atoms with Gasteiger partial charge in [-0.25, -0.2) is 0 Å². The quantitative estimate of drug-likeness (QED) is 0.396. The molecule has 2 aliphatic rings. The van der Waals surface area contributed by atoms with E-state index in [4.69, 9.17) is 4.74 Å². The van der Waals surface area contributed by atoms with Gasteiger partial charge in [-0.3, -0.25) is 14.9 Å². The molecule has 3 aromatic rings. The molecule has 0 radical (unpaired) electrons. The second-order valence-electron chi connectivity index (χ2n) is 8.64. The summed E-state index contributed by atoms with van der Waals surface area (Å²) < 4.78 is 5.44. The summed E-state index contributed by atoms with van der Waals surface area (Å²) in [5.41, 5.74) is 3.78. The van der Waals surface area contributed by atoms with Crippen LogP contribution in [-0.4, -0.2) is 17.3 Å². The van der Waals surface area contributed by atoms with Gasteiger partial charge in [0.1, 0.15) is 5.75 Å². The average molecular weight is 471 g/mol.